The Kier molecular flexibility index (Phi) is 2.28. The van der Waals surface area contributed by atoms with Crippen LogP contribution in [0.25, 0.3) is 0 Å². The summed E-state index contributed by atoms with van der Waals surface area (Å²) in [7, 11) is 0. The number of benzene rings is 1. The van der Waals surface area contributed by atoms with Crippen molar-refractivity contribution in [3.8, 4) is 0 Å². The third-order valence-corrected chi connectivity index (χ3v) is 3.80. The van der Waals surface area contributed by atoms with Crippen LogP contribution in [0, 0.1) is 12.8 Å². The standard InChI is InChI=1S/C14H19N/c1-11-3-2-4-13-7-8-15(10-14(11)13)9-12-5-6-12/h2-4,12H,5-10H2,1H3. The van der Waals surface area contributed by atoms with Gasteiger partial charge in [-0.05, 0) is 48.8 Å². The molecule has 1 nitrogen and oxygen atoms in total. The molecule has 0 aromatic heterocycles. The van der Waals surface area contributed by atoms with E-state index in [9.17, 15) is 0 Å². The van der Waals surface area contributed by atoms with E-state index < -0.39 is 0 Å². The molecule has 15 heavy (non-hydrogen) atoms. The Morgan fingerprint density at radius 3 is 3.00 bits per heavy atom. The molecule has 1 fully saturated rings. The van der Waals surface area contributed by atoms with Crippen LogP contribution in [0.3, 0.4) is 0 Å². The largest absolute Gasteiger partial charge is 0.298 e. The van der Waals surface area contributed by atoms with E-state index in [4.69, 9.17) is 0 Å². The summed E-state index contributed by atoms with van der Waals surface area (Å²) in [5.74, 6) is 1.02. The molecule has 0 unspecified atom stereocenters. The molecule has 0 spiro atoms. The zero-order valence-electron chi connectivity index (χ0n) is 9.50. The summed E-state index contributed by atoms with van der Waals surface area (Å²) < 4.78 is 0. The summed E-state index contributed by atoms with van der Waals surface area (Å²) in [6, 6.07) is 6.75. The molecule has 1 aliphatic heterocycles. The van der Waals surface area contributed by atoms with Gasteiger partial charge in [0.2, 0.25) is 0 Å². The molecule has 1 heteroatoms. The first-order chi connectivity index (χ1) is 7.33. The second-order valence-corrected chi connectivity index (χ2v) is 5.14. The third-order valence-electron chi connectivity index (χ3n) is 3.80. The van der Waals surface area contributed by atoms with Crippen molar-refractivity contribution in [3.05, 3.63) is 34.9 Å². The van der Waals surface area contributed by atoms with Crippen molar-refractivity contribution in [1.29, 1.82) is 0 Å². The maximum absolute atomic E-state index is 2.65. The molecule has 80 valence electrons. The van der Waals surface area contributed by atoms with Crippen LogP contribution in [-0.2, 0) is 13.0 Å². The average Bonchev–Trinajstić information content (AvgIpc) is 3.03. The lowest BCUT2D eigenvalue weighted by atomic mass is 9.95. The van der Waals surface area contributed by atoms with Gasteiger partial charge in [0.25, 0.3) is 0 Å². The van der Waals surface area contributed by atoms with Crippen LogP contribution in [0.15, 0.2) is 18.2 Å². The first-order valence-electron chi connectivity index (χ1n) is 6.12. The molecule has 0 amide bonds. The summed E-state index contributed by atoms with van der Waals surface area (Å²) >= 11 is 0. The molecule has 0 saturated heterocycles. The topological polar surface area (TPSA) is 3.24 Å². The van der Waals surface area contributed by atoms with E-state index in [1.807, 2.05) is 0 Å². The minimum Gasteiger partial charge on any atom is -0.298 e. The number of nitrogens with zero attached hydrogens (tertiary/aromatic N) is 1. The van der Waals surface area contributed by atoms with Gasteiger partial charge in [-0.25, -0.2) is 0 Å². The summed E-state index contributed by atoms with van der Waals surface area (Å²) in [5, 5.41) is 0. The van der Waals surface area contributed by atoms with Crippen molar-refractivity contribution in [2.45, 2.75) is 32.7 Å². The second kappa shape index (κ2) is 3.64. The second-order valence-electron chi connectivity index (χ2n) is 5.14. The van der Waals surface area contributed by atoms with Crippen LogP contribution in [0.5, 0.6) is 0 Å². The molecule has 1 heterocycles. The van der Waals surface area contributed by atoms with Crippen LogP contribution in [0.4, 0.5) is 0 Å². The maximum atomic E-state index is 2.65. The van der Waals surface area contributed by atoms with Crippen molar-refractivity contribution >= 4 is 0 Å². The van der Waals surface area contributed by atoms with E-state index in [0.717, 1.165) is 5.92 Å². The van der Waals surface area contributed by atoms with Crippen molar-refractivity contribution in [2.75, 3.05) is 13.1 Å². The maximum Gasteiger partial charge on any atom is 0.0239 e. The Morgan fingerprint density at radius 1 is 1.33 bits per heavy atom. The zero-order valence-corrected chi connectivity index (χ0v) is 9.50. The van der Waals surface area contributed by atoms with Gasteiger partial charge in [-0.15, -0.1) is 0 Å². The Bertz CT molecular complexity index is 366. The van der Waals surface area contributed by atoms with E-state index in [1.165, 1.54) is 44.5 Å². The lowest BCUT2D eigenvalue weighted by molar-refractivity contribution is 0.243. The average molecular weight is 201 g/mol. The van der Waals surface area contributed by atoms with Gasteiger partial charge >= 0.3 is 0 Å². The van der Waals surface area contributed by atoms with Gasteiger partial charge in [-0.1, -0.05) is 18.2 Å². The SMILES string of the molecule is Cc1cccc2c1CN(CC1CC1)CC2. The zero-order chi connectivity index (χ0) is 10.3. The summed E-state index contributed by atoms with van der Waals surface area (Å²) in [6.07, 6.45) is 4.19. The highest BCUT2D eigenvalue weighted by Gasteiger charge is 2.26. The first-order valence-corrected chi connectivity index (χ1v) is 6.12. The Hall–Kier alpha value is -0.820. The molecular weight excluding hydrogens is 182 g/mol. The fraction of sp³-hybridized carbons (Fsp3) is 0.571. The Labute approximate surface area is 92.1 Å². The first kappa shape index (κ1) is 9.41. The molecule has 0 bridgehead atoms. The fourth-order valence-electron chi connectivity index (χ4n) is 2.63. The number of rotatable bonds is 2. The van der Waals surface area contributed by atoms with Gasteiger partial charge in [0, 0.05) is 19.6 Å². The predicted molar refractivity (Wildman–Crippen MR) is 62.9 cm³/mol. The molecule has 1 aromatic carbocycles. The third kappa shape index (κ3) is 1.93. The van der Waals surface area contributed by atoms with E-state index in [2.05, 4.69) is 30.0 Å². The van der Waals surface area contributed by atoms with Crippen LogP contribution in [-0.4, -0.2) is 18.0 Å². The molecule has 1 saturated carbocycles. The highest BCUT2D eigenvalue weighted by atomic mass is 15.1. The van der Waals surface area contributed by atoms with Gasteiger partial charge in [0.1, 0.15) is 0 Å². The quantitative estimate of drug-likeness (QED) is 0.711. The molecule has 1 aromatic rings. The minimum absolute atomic E-state index is 1.02. The molecule has 2 aliphatic rings. The minimum atomic E-state index is 1.02. The molecule has 1 aliphatic carbocycles. The van der Waals surface area contributed by atoms with Gasteiger partial charge in [0.05, 0.1) is 0 Å². The molecule has 0 atom stereocenters. The van der Waals surface area contributed by atoms with E-state index >= 15 is 0 Å². The van der Waals surface area contributed by atoms with Gasteiger partial charge < -0.3 is 0 Å². The summed E-state index contributed by atoms with van der Waals surface area (Å²) in [5.41, 5.74) is 4.67. The molecule has 0 N–H and O–H groups in total. The molecule has 0 radical (unpaired) electrons. The Morgan fingerprint density at radius 2 is 2.20 bits per heavy atom. The van der Waals surface area contributed by atoms with Crippen LogP contribution in [0.1, 0.15) is 29.5 Å². The van der Waals surface area contributed by atoms with Crippen molar-refractivity contribution in [1.82, 2.24) is 4.90 Å². The number of aryl methyl sites for hydroxylation is 1. The monoisotopic (exact) mass is 201 g/mol. The highest BCUT2D eigenvalue weighted by molar-refractivity contribution is 5.36. The van der Waals surface area contributed by atoms with Crippen LogP contribution >= 0.6 is 0 Å². The van der Waals surface area contributed by atoms with Crippen molar-refractivity contribution < 1.29 is 0 Å². The van der Waals surface area contributed by atoms with E-state index in [0.29, 0.717) is 0 Å². The normalized spacial score (nSPS) is 21.4. The van der Waals surface area contributed by atoms with Gasteiger partial charge in [0.15, 0.2) is 0 Å². The predicted octanol–water partition coefficient (Wildman–Crippen LogP) is 2.76. The Balaban J connectivity index is 1.78. The summed E-state index contributed by atoms with van der Waals surface area (Å²) in [4.78, 5) is 2.65. The molecule has 3 rings (SSSR count). The smallest absolute Gasteiger partial charge is 0.0239 e. The van der Waals surface area contributed by atoms with Gasteiger partial charge in [-0.3, -0.25) is 4.90 Å². The van der Waals surface area contributed by atoms with Crippen LogP contribution < -0.4 is 0 Å². The van der Waals surface area contributed by atoms with E-state index in [-0.39, 0.29) is 0 Å². The van der Waals surface area contributed by atoms with Crippen LogP contribution in [0.2, 0.25) is 0 Å². The van der Waals surface area contributed by atoms with Crippen molar-refractivity contribution in [2.24, 2.45) is 5.92 Å². The number of hydrogen-bond acceptors (Lipinski definition) is 1. The van der Waals surface area contributed by atoms with Gasteiger partial charge in [-0.2, -0.15) is 0 Å². The van der Waals surface area contributed by atoms with Crippen molar-refractivity contribution in [3.63, 3.8) is 0 Å². The lowest BCUT2D eigenvalue weighted by Crippen LogP contribution is -2.32. The number of hydrogen-bond donors (Lipinski definition) is 0. The molecular formula is C14H19N. The highest BCUT2D eigenvalue weighted by Crippen LogP contribution is 2.31. The lowest BCUT2D eigenvalue weighted by Gasteiger charge is -2.29. The summed E-state index contributed by atoms with van der Waals surface area (Å²) in [6.45, 7) is 6.05. The number of fused-ring (bicyclic) bond motifs is 1. The fourth-order valence-corrected chi connectivity index (χ4v) is 2.63. The van der Waals surface area contributed by atoms with E-state index in [1.54, 1.807) is 11.1 Å².